The molecular formula is C12H14F2N2O. The van der Waals surface area contributed by atoms with Crippen molar-refractivity contribution in [2.75, 3.05) is 20.7 Å². The van der Waals surface area contributed by atoms with Crippen LogP contribution in [0.1, 0.15) is 11.1 Å². The first kappa shape index (κ1) is 13.4. The predicted molar refractivity (Wildman–Crippen MR) is 60.0 cm³/mol. The number of nitriles is 1. The Hall–Kier alpha value is -1.67. The minimum Gasteiger partial charge on any atom is -0.496 e. The van der Waals surface area contributed by atoms with E-state index in [9.17, 15) is 8.78 Å². The van der Waals surface area contributed by atoms with Crippen molar-refractivity contribution in [3.05, 3.63) is 29.3 Å². The van der Waals surface area contributed by atoms with Crippen molar-refractivity contribution in [3.8, 4) is 11.8 Å². The molecule has 1 rings (SSSR count). The lowest BCUT2D eigenvalue weighted by atomic mass is 10.1. The van der Waals surface area contributed by atoms with Gasteiger partial charge in [-0.05, 0) is 25.2 Å². The summed E-state index contributed by atoms with van der Waals surface area (Å²) < 4.78 is 29.5. The van der Waals surface area contributed by atoms with E-state index in [4.69, 9.17) is 10.00 Å². The lowest BCUT2D eigenvalue weighted by Gasteiger charge is -2.17. The van der Waals surface area contributed by atoms with Crippen LogP contribution < -0.4 is 4.74 Å². The minimum absolute atomic E-state index is 0.306. The summed E-state index contributed by atoms with van der Waals surface area (Å²) in [4.78, 5) is 1.49. The summed E-state index contributed by atoms with van der Waals surface area (Å²) in [6.45, 7) is 0.0168. The summed E-state index contributed by atoms with van der Waals surface area (Å²) in [7, 11) is 3.11. The average molecular weight is 240 g/mol. The van der Waals surface area contributed by atoms with E-state index >= 15 is 0 Å². The van der Waals surface area contributed by atoms with Gasteiger partial charge in [0.25, 0.3) is 6.43 Å². The van der Waals surface area contributed by atoms with Crippen LogP contribution in [0.3, 0.4) is 0 Å². The molecule has 0 spiro atoms. The standard InChI is InChI=1S/C12H14F2N2O/c1-16(8-12(13)14)7-10-5-9(6-15)3-4-11(10)17-2/h3-5,12H,7-8H2,1-2H3. The van der Waals surface area contributed by atoms with Gasteiger partial charge in [-0.15, -0.1) is 0 Å². The molecule has 0 heterocycles. The van der Waals surface area contributed by atoms with Crippen molar-refractivity contribution in [2.45, 2.75) is 13.0 Å². The number of nitrogens with zero attached hydrogens (tertiary/aromatic N) is 2. The Morgan fingerprint density at radius 1 is 1.47 bits per heavy atom. The zero-order valence-electron chi connectivity index (χ0n) is 9.78. The molecule has 0 aliphatic rings. The lowest BCUT2D eigenvalue weighted by Crippen LogP contribution is -2.24. The maximum atomic E-state index is 12.2. The first-order chi connectivity index (χ1) is 8.06. The fourth-order valence-corrected chi connectivity index (χ4v) is 1.56. The second kappa shape index (κ2) is 6.16. The molecule has 3 nitrogen and oxygen atoms in total. The number of methoxy groups -OCH3 is 1. The third kappa shape index (κ3) is 4.00. The van der Waals surface area contributed by atoms with Crippen LogP contribution in [0.15, 0.2) is 18.2 Å². The maximum absolute atomic E-state index is 12.2. The first-order valence-corrected chi connectivity index (χ1v) is 5.10. The molecule has 0 bridgehead atoms. The molecule has 17 heavy (non-hydrogen) atoms. The average Bonchev–Trinajstić information content (AvgIpc) is 2.27. The van der Waals surface area contributed by atoms with Gasteiger partial charge in [0.1, 0.15) is 5.75 Å². The molecule has 0 atom stereocenters. The van der Waals surface area contributed by atoms with Crippen molar-refractivity contribution in [1.29, 1.82) is 5.26 Å². The fourth-order valence-electron chi connectivity index (χ4n) is 1.56. The largest absolute Gasteiger partial charge is 0.496 e. The molecule has 0 N–H and O–H groups in total. The minimum atomic E-state index is -2.37. The molecule has 0 amide bonds. The molecule has 92 valence electrons. The second-order valence-corrected chi connectivity index (χ2v) is 3.73. The van der Waals surface area contributed by atoms with Crippen molar-refractivity contribution < 1.29 is 13.5 Å². The SMILES string of the molecule is COc1ccc(C#N)cc1CN(C)CC(F)F. The number of hydrogen-bond acceptors (Lipinski definition) is 3. The van der Waals surface area contributed by atoms with Crippen LogP contribution in [0.5, 0.6) is 5.75 Å². The second-order valence-electron chi connectivity index (χ2n) is 3.73. The van der Waals surface area contributed by atoms with Crippen molar-refractivity contribution >= 4 is 0 Å². The predicted octanol–water partition coefficient (Wildman–Crippen LogP) is 2.26. The molecule has 0 radical (unpaired) electrons. The molecule has 0 aliphatic heterocycles. The molecule has 5 heteroatoms. The third-order valence-corrected chi connectivity index (χ3v) is 2.30. The van der Waals surface area contributed by atoms with Crippen molar-refractivity contribution in [1.82, 2.24) is 4.90 Å². The van der Waals surface area contributed by atoms with Gasteiger partial charge in [0.05, 0.1) is 25.3 Å². The Labute approximate surface area is 99.2 Å². The third-order valence-electron chi connectivity index (χ3n) is 2.30. The summed E-state index contributed by atoms with van der Waals surface area (Å²) in [6, 6.07) is 6.97. The summed E-state index contributed by atoms with van der Waals surface area (Å²) in [5.41, 5.74) is 1.22. The lowest BCUT2D eigenvalue weighted by molar-refractivity contribution is 0.0972. The van der Waals surface area contributed by atoms with Crippen LogP contribution >= 0.6 is 0 Å². The van der Waals surface area contributed by atoms with Crippen molar-refractivity contribution in [2.24, 2.45) is 0 Å². The molecular weight excluding hydrogens is 226 g/mol. The van der Waals surface area contributed by atoms with Crippen LogP contribution in [0, 0.1) is 11.3 Å². The number of alkyl halides is 2. The first-order valence-electron chi connectivity index (χ1n) is 5.10. The van der Waals surface area contributed by atoms with E-state index in [1.807, 2.05) is 6.07 Å². The maximum Gasteiger partial charge on any atom is 0.251 e. The van der Waals surface area contributed by atoms with Gasteiger partial charge in [0.15, 0.2) is 0 Å². The van der Waals surface area contributed by atoms with Gasteiger partial charge >= 0.3 is 0 Å². The van der Waals surface area contributed by atoms with E-state index in [0.29, 0.717) is 17.9 Å². The molecule has 0 saturated carbocycles. The van der Waals surface area contributed by atoms with E-state index in [-0.39, 0.29) is 6.54 Å². The topological polar surface area (TPSA) is 36.3 Å². The number of hydrogen-bond donors (Lipinski definition) is 0. The smallest absolute Gasteiger partial charge is 0.251 e. The molecule has 0 unspecified atom stereocenters. The normalized spacial score (nSPS) is 10.6. The number of ether oxygens (including phenoxy) is 1. The van der Waals surface area contributed by atoms with Crippen LogP contribution in [0.4, 0.5) is 8.78 Å². The number of halogens is 2. The molecule has 1 aromatic carbocycles. The fraction of sp³-hybridized carbons (Fsp3) is 0.417. The van der Waals surface area contributed by atoms with E-state index < -0.39 is 6.43 Å². The molecule has 0 aliphatic carbocycles. The zero-order chi connectivity index (χ0) is 12.8. The van der Waals surface area contributed by atoms with Crippen LogP contribution in [0.25, 0.3) is 0 Å². The van der Waals surface area contributed by atoms with E-state index in [1.54, 1.807) is 25.2 Å². The zero-order valence-corrected chi connectivity index (χ0v) is 9.78. The van der Waals surface area contributed by atoms with Gasteiger partial charge in [-0.25, -0.2) is 8.78 Å². The van der Waals surface area contributed by atoms with Crippen LogP contribution in [-0.4, -0.2) is 32.0 Å². The number of benzene rings is 1. The highest BCUT2D eigenvalue weighted by Gasteiger charge is 2.11. The Morgan fingerprint density at radius 2 is 2.18 bits per heavy atom. The molecule has 0 saturated heterocycles. The summed E-state index contributed by atoms with van der Waals surface area (Å²) in [6.07, 6.45) is -2.37. The van der Waals surface area contributed by atoms with Crippen LogP contribution in [-0.2, 0) is 6.54 Å². The highest BCUT2D eigenvalue weighted by molar-refractivity contribution is 5.41. The Morgan fingerprint density at radius 3 is 2.71 bits per heavy atom. The molecule has 0 aromatic heterocycles. The highest BCUT2D eigenvalue weighted by Crippen LogP contribution is 2.21. The van der Waals surface area contributed by atoms with E-state index in [2.05, 4.69) is 0 Å². The highest BCUT2D eigenvalue weighted by atomic mass is 19.3. The molecule has 1 aromatic rings. The van der Waals surface area contributed by atoms with Gasteiger partial charge in [0, 0.05) is 12.1 Å². The van der Waals surface area contributed by atoms with Gasteiger partial charge < -0.3 is 4.74 Å². The summed E-state index contributed by atoms with van der Waals surface area (Å²) in [5, 5.41) is 8.78. The van der Waals surface area contributed by atoms with Gasteiger partial charge in [-0.1, -0.05) is 0 Å². The van der Waals surface area contributed by atoms with Gasteiger partial charge in [-0.3, -0.25) is 4.90 Å². The van der Waals surface area contributed by atoms with Crippen LogP contribution in [0.2, 0.25) is 0 Å². The number of rotatable bonds is 5. The monoisotopic (exact) mass is 240 g/mol. The Kier molecular flexibility index (Phi) is 4.85. The van der Waals surface area contributed by atoms with Gasteiger partial charge in [0.2, 0.25) is 0 Å². The Bertz CT molecular complexity index is 415. The Balaban J connectivity index is 2.84. The quantitative estimate of drug-likeness (QED) is 0.792. The van der Waals surface area contributed by atoms with Gasteiger partial charge in [-0.2, -0.15) is 5.26 Å². The summed E-state index contributed by atoms with van der Waals surface area (Å²) >= 11 is 0. The van der Waals surface area contributed by atoms with E-state index in [1.165, 1.54) is 12.0 Å². The molecule has 0 fully saturated rings. The summed E-state index contributed by atoms with van der Waals surface area (Å²) in [5.74, 6) is 0.602. The van der Waals surface area contributed by atoms with Crippen molar-refractivity contribution in [3.63, 3.8) is 0 Å². The van der Waals surface area contributed by atoms with E-state index in [0.717, 1.165) is 5.56 Å².